The molecule has 150 valence electrons. The normalized spacial score (nSPS) is 10.9. The minimum absolute atomic E-state index is 0.0131. The summed E-state index contributed by atoms with van der Waals surface area (Å²) in [6.07, 6.45) is 0. The molecule has 8 heteroatoms. The number of nitro benzene ring substituents is 1. The third-order valence-electron chi connectivity index (χ3n) is 4.58. The van der Waals surface area contributed by atoms with Crippen molar-refractivity contribution in [3.8, 4) is 22.5 Å². The summed E-state index contributed by atoms with van der Waals surface area (Å²) in [7, 11) is 0. The Labute approximate surface area is 178 Å². The average Bonchev–Trinajstić information content (AvgIpc) is 3.05. The Kier molecular flexibility index (Phi) is 5.41. The van der Waals surface area contributed by atoms with E-state index in [2.05, 4.69) is 21.0 Å². The second-order valence-electron chi connectivity index (χ2n) is 6.61. The van der Waals surface area contributed by atoms with Crippen molar-refractivity contribution in [1.29, 1.82) is 0 Å². The SMILES string of the molecule is O=[N+]([O-])c1cccc(Cn2nc(-c3ccc(F)cc3)c(Br)c2-c2ccc(F)cc2)c1. The molecule has 4 rings (SSSR count). The molecular formula is C22H14BrF2N3O2. The summed E-state index contributed by atoms with van der Waals surface area (Å²) >= 11 is 3.58. The van der Waals surface area contributed by atoms with Crippen molar-refractivity contribution in [1.82, 2.24) is 9.78 Å². The number of nitrogens with zero attached hydrogens (tertiary/aromatic N) is 3. The van der Waals surface area contributed by atoms with Crippen LogP contribution in [-0.4, -0.2) is 14.7 Å². The van der Waals surface area contributed by atoms with E-state index in [-0.39, 0.29) is 23.9 Å². The van der Waals surface area contributed by atoms with Crippen LogP contribution >= 0.6 is 15.9 Å². The summed E-state index contributed by atoms with van der Waals surface area (Å²) in [5.74, 6) is -0.719. The number of benzene rings is 3. The highest BCUT2D eigenvalue weighted by molar-refractivity contribution is 9.10. The fourth-order valence-corrected chi connectivity index (χ4v) is 3.91. The van der Waals surface area contributed by atoms with E-state index in [1.54, 1.807) is 41.1 Å². The van der Waals surface area contributed by atoms with Gasteiger partial charge in [0.15, 0.2) is 0 Å². The fraction of sp³-hybridized carbons (Fsp3) is 0.0455. The molecule has 0 fully saturated rings. The maximum atomic E-state index is 13.4. The third-order valence-corrected chi connectivity index (χ3v) is 5.33. The van der Waals surface area contributed by atoms with Gasteiger partial charge in [-0.25, -0.2) is 8.78 Å². The first kappa shape index (κ1) is 19.9. The lowest BCUT2D eigenvalue weighted by Crippen LogP contribution is -2.04. The first-order valence-corrected chi connectivity index (χ1v) is 9.73. The highest BCUT2D eigenvalue weighted by Crippen LogP contribution is 2.37. The van der Waals surface area contributed by atoms with E-state index >= 15 is 0 Å². The van der Waals surface area contributed by atoms with Crippen LogP contribution in [0.4, 0.5) is 14.5 Å². The molecule has 0 saturated heterocycles. The van der Waals surface area contributed by atoms with Crippen LogP contribution in [0.25, 0.3) is 22.5 Å². The summed E-state index contributed by atoms with van der Waals surface area (Å²) < 4.78 is 29.1. The second kappa shape index (κ2) is 8.16. The molecule has 0 unspecified atom stereocenters. The Bertz CT molecular complexity index is 1220. The van der Waals surface area contributed by atoms with E-state index < -0.39 is 4.92 Å². The maximum absolute atomic E-state index is 13.4. The molecule has 0 aliphatic rings. The predicted molar refractivity (Wildman–Crippen MR) is 113 cm³/mol. The average molecular weight is 470 g/mol. The molecule has 0 radical (unpaired) electrons. The van der Waals surface area contributed by atoms with Gasteiger partial charge in [0.25, 0.3) is 5.69 Å². The van der Waals surface area contributed by atoms with Gasteiger partial charge in [-0.3, -0.25) is 14.8 Å². The molecule has 30 heavy (non-hydrogen) atoms. The lowest BCUT2D eigenvalue weighted by atomic mass is 10.1. The molecule has 5 nitrogen and oxygen atoms in total. The third kappa shape index (κ3) is 3.99. The second-order valence-corrected chi connectivity index (χ2v) is 7.40. The molecule has 0 aliphatic carbocycles. The van der Waals surface area contributed by atoms with Crippen molar-refractivity contribution < 1.29 is 13.7 Å². The lowest BCUT2D eigenvalue weighted by molar-refractivity contribution is -0.384. The summed E-state index contributed by atoms with van der Waals surface area (Å²) in [6.45, 7) is 0.258. The largest absolute Gasteiger partial charge is 0.269 e. The molecular weight excluding hydrogens is 456 g/mol. The summed E-state index contributed by atoms with van der Waals surface area (Å²) in [6, 6.07) is 18.2. The van der Waals surface area contributed by atoms with Gasteiger partial charge in [-0.1, -0.05) is 12.1 Å². The molecule has 0 saturated carbocycles. The first-order valence-electron chi connectivity index (χ1n) is 8.94. The Hall–Kier alpha value is -3.39. The Morgan fingerprint density at radius 3 is 2.13 bits per heavy atom. The van der Waals surface area contributed by atoms with Crippen LogP contribution in [0.1, 0.15) is 5.56 Å². The molecule has 0 spiro atoms. The number of aromatic nitrogens is 2. The first-order chi connectivity index (χ1) is 14.4. The van der Waals surface area contributed by atoms with Gasteiger partial charge in [0.05, 0.1) is 21.6 Å². The summed E-state index contributed by atoms with van der Waals surface area (Å²) in [5.41, 5.74) is 3.36. The van der Waals surface area contributed by atoms with Gasteiger partial charge in [-0.2, -0.15) is 5.10 Å². The lowest BCUT2D eigenvalue weighted by Gasteiger charge is -2.08. The smallest absolute Gasteiger partial charge is 0.259 e. The van der Waals surface area contributed by atoms with E-state index in [0.29, 0.717) is 27.0 Å². The molecule has 1 heterocycles. The summed E-state index contributed by atoms with van der Waals surface area (Å²) in [4.78, 5) is 10.7. The number of non-ortho nitro benzene ring substituents is 1. The van der Waals surface area contributed by atoms with Crippen LogP contribution in [0.2, 0.25) is 0 Å². The van der Waals surface area contributed by atoms with Crippen LogP contribution in [-0.2, 0) is 6.54 Å². The Balaban J connectivity index is 1.84. The molecule has 0 bridgehead atoms. The molecule has 0 amide bonds. The minimum atomic E-state index is -0.451. The van der Waals surface area contributed by atoms with Crippen molar-refractivity contribution in [2.75, 3.05) is 0 Å². The zero-order valence-electron chi connectivity index (χ0n) is 15.4. The topological polar surface area (TPSA) is 61.0 Å². The maximum Gasteiger partial charge on any atom is 0.269 e. The van der Waals surface area contributed by atoms with Crippen molar-refractivity contribution >= 4 is 21.6 Å². The number of rotatable bonds is 5. The van der Waals surface area contributed by atoms with E-state index in [4.69, 9.17) is 0 Å². The molecule has 0 atom stereocenters. The quantitative estimate of drug-likeness (QED) is 0.257. The zero-order valence-corrected chi connectivity index (χ0v) is 17.0. The fourth-order valence-electron chi connectivity index (χ4n) is 3.17. The van der Waals surface area contributed by atoms with Gasteiger partial charge < -0.3 is 0 Å². The minimum Gasteiger partial charge on any atom is -0.259 e. The number of hydrogen-bond donors (Lipinski definition) is 0. The molecule has 1 aromatic heterocycles. The summed E-state index contributed by atoms with van der Waals surface area (Å²) in [5, 5.41) is 15.8. The highest BCUT2D eigenvalue weighted by atomic mass is 79.9. The van der Waals surface area contributed by atoms with Crippen LogP contribution in [0, 0.1) is 21.7 Å². The predicted octanol–water partition coefficient (Wildman–Crippen LogP) is 6.21. The number of halogens is 3. The molecule has 3 aromatic carbocycles. The van der Waals surface area contributed by atoms with Gasteiger partial charge in [-0.05, 0) is 70.0 Å². The van der Waals surface area contributed by atoms with Crippen molar-refractivity contribution in [3.05, 3.63) is 105 Å². The van der Waals surface area contributed by atoms with Crippen LogP contribution in [0.15, 0.2) is 77.3 Å². The van der Waals surface area contributed by atoms with Gasteiger partial charge in [0.2, 0.25) is 0 Å². The van der Waals surface area contributed by atoms with Crippen LogP contribution in [0.5, 0.6) is 0 Å². The highest BCUT2D eigenvalue weighted by Gasteiger charge is 2.20. The standard InChI is InChI=1S/C22H14BrF2N3O2/c23-20-21(15-4-8-17(24)9-5-15)26-27(22(20)16-6-10-18(25)11-7-16)13-14-2-1-3-19(12-14)28(29)30/h1-12H,13H2. The molecule has 0 N–H and O–H groups in total. The Morgan fingerprint density at radius 1 is 0.933 bits per heavy atom. The van der Waals surface area contributed by atoms with Crippen molar-refractivity contribution in [2.24, 2.45) is 0 Å². The van der Waals surface area contributed by atoms with E-state index in [1.165, 1.54) is 36.4 Å². The number of nitro groups is 1. The van der Waals surface area contributed by atoms with E-state index in [9.17, 15) is 18.9 Å². The van der Waals surface area contributed by atoms with Gasteiger partial charge in [-0.15, -0.1) is 0 Å². The monoisotopic (exact) mass is 469 g/mol. The van der Waals surface area contributed by atoms with Crippen LogP contribution < -0.4 is 0 Å². The molecule has 0 aliphatic heterocycles. The molecule has 4 aromatic rings. The van der Waals surface area contributed by atoms with Crippen LogP contribution in [0.3, 0.4) is 0 Å². The van der Waals surface area contributed by atoms with Gasteiger partial charge in [0, 0.05) is 23.3 Å². The van der Waals surface area contributed by atoms with Gasteiger partial charge in [0.1, 0.15) is 17.3 Å². The van der Waals surface area contributed by atoms with Crippen molar-refractivity contribution in [2.45, 2.75) is 6.54 Å². The Morgan fingerprint density at radius 2 is 1.53 bits per heavy atom. The number of hydrogen-bond acceptors (Lipinski definition) is 3. The van der Waals surface area contributed by atoms with Crippen molar-refractivity contribution in [3.63, 3.8) is 0 Å². The van der Waals surface area contributed by atoms with E-state index in [1.807, 2.05) is 0 Å². The zero-order chi connectivity index (χ0) is 21.3. The van der Waals surface area contributed by atoms with Gasteiger partial charge >= 0.3 is 0 Å². The van der Waals surface area contributed by atoms with E-state index in [0.717, 1.165) is 5.56 Å².